The molecule has 0 saturated carbocycles. The van der Waals surface area contributed by atoms with E-state index in [0.29, 0.717) is 27.2 Å². The molecule has 1 aromatic heterocycles. The van der Waals surface area contributed by atoms with Gasteiger partial charge < -0.3 is 24.8 Å². The number of aromatic nitrogens is 1. The summed E-state index contributed by atoms with van der Waals surface area (Å²) in [6.45, 7) is 3.64. The number of aliphatic imine (C=N–C) groups is 1. The van der Waals surface area contributed by atoms with Gasteiger partial charge in [0, 0.05) is 17.1 Å². The van der Waals surface area contributed by atoms with Crippen LogP contribution in [0, 0.1) is 13.8 Å². The number of aromatic carboxylic acids is 2. The highest BCUT2D eigenvalue weighted by Gasteiger charge is 2.25. The highest BCUT2D eigenvalue weighted by atomic mass is 32.2. The number of carbonyl (C=O) groups excluding carboxylic acids is 1. The van der Waals surface area contributed by atoms with E-state index in [2.05, 4.69) is 10.3 Å². The van der Waals surface area contributed by atoms with Crippen LogP contribution in [0.5, 0.6) is 5.75 Å². The van der Waals surface area contributed by atoms with Gasteiger partial charge in [-0.15, -0.1) is 0 Å². The molecule has 2 heterocycles. The van der Waals surface area contributed by atoms with E-state index in [1.165, 1.54) is 23.9 Å². The van der Waals surface area contributed by atoms with Gasteiger partial charge in [0.1, 0.15) is 5.75 Å². The molecule has 2 aromatic carbocycles. The highest BCUT2D eigenvalue weighted by Crippen LogP contribution is 2.31. The van der Waals surface area contributed by atoms with Crippen LogP contribution in [0.25, 0.3) is 11.8 Å². The van der Waals surface area contributed by atoms with Crippen LogP contribution < -0.4 is 10.1 Å². The molecule has 1 aliphatic rings. The van der Waals surface area contributed by atoms with Gasteiger partial charge in [-0.3, -0.25) is 4.79 Å². The number of carboxylic acids is 2. The van der Waals surface area contributed by atoms with Crippen LogP contribution in [0.15, 0.2) is 58.4 Å². The van der Waals surface area contributed by atoms with Gasteiger partial charge in [-0.1, -0.05) is 0 Å². The average molecular weight is 492 g/mol. The summed E-state index contributed by atoms with van der Waals surface area (Å²) >= 11 is 1.21. The summed E-state index contributed by atoms with van der Waals surface area (Å²) in [7, 11) is 1.58. The van der Waals surface area contributed by atoms with Crippen molar-refractivity contribution in [2.75, 3.05) is 7.11 Å². The Bertz CT molecular complexity index is 1390. The van der Waals surface area contributed by atoms with Crippen LogP contribution in [-0.2, 0) is 4.79 Å². The van der Waals surface area contributed by atoms with E-state index in [1.54, 1.807) is 42.0 Å². The maximum Gasteiger partial charge on any atom is 0.335 e. The number of amidine groups is 1. The number of amides is 1. The Morgan fingerprint density at radius 1 is 1.03 bits per heavy atom. The Morgan fingerprint density at radius 2 is 1.66 bits per heavy atom. The first-order valence-electron chi connectivity index (χ1n) is 10.4. The predicted octanol–water partition coefficient (Wildman–Crippen LogP) is 4.39. The molecule has 9 nitrogen and oxygen atoms in total. The number of thioether (sulfide) groups is 1. The molecule has 1 amide bonds. The number of hydrogen-bond acceptors (Lipinski definition) is 6. The van der Waals surface area contributed by atoms with Crippen molar-refractivity contribution in [3.63, 3.8) is 0 Å². The lowest BCUT2D eigenvalue weighted by molar-refractivity contribution is -0.115. The van der Waals surface area contributed by atoms with Gasteiger partial charge in [-0.05, 0) is 85.8 Å². The van der Waals surface area contributed by atoms with E-state index in [0.717, 1.165) is 23.0 Å². The molecule has 0 bridgehead atoms. The number of aryl methyl sites for hydroxylation is 1. The third-order valence-electron chi connectivity index (χ3n) is 5.38. The molecular weight excluding hydrogens is 470 g/mol. The zero-order valence-electron chi connectivity index (χ0n) is 19.0. The highest BCUT2D eigenvalue weighted by molar-refractivity contribution is 8.18. The van der Waals surface area contributed by atoms with Crippen LogP contribution in [0.2, 0.25) is 0 Å². The second-order valence-electron chi connectivity index (χ2n) is 7.72. The molecule has 0 aliphatic carbocycles. The zero-order chi connectivity index (χ0) is 25.3. The third kappa shape index (κ3) is 4.97. The van der Waals surface area contributed by atoms with Crippen molar-refractivity contribution in [1.82, 2.24) is 9.88 Å². The largest absolute Gasteiger partial charge is 0.497 e. The fourth-order valence-corrected chi connectivity index (χ4v) is 4.55. The van der Waals surface area contributed by atoms with E-state index in [9.17, 15) is 24.6 Å². The van der Waals surface area contributed by atoms with Crippen molar-refractivity contribution in [3.05, 3.63) is 81.5 Å². The number of hydrogen-bond donors (Lipinski definition) is 3. The normalized spacial score (nSPS) is 15.5. The lowest BCUT2D eigenvalue weighted by Gasteiger charge is -2.12. The summed E-state index contributed by atoms with van der Waals surface area (Å²) in [5, 5.41) is 22.0. The van der Waals surface area contributed by atoms with E-state index < -0.39 is 11.9 Å². The first-order valence-corrected chi connectivity index (χ1v) is 11.2. The summed E-state index contributed by atoms with van der Waals surface area (Å²) in [5.74, 6) is -2.02. The molecule has 4 rings (SSSR count). The molecule has 0 spiro atoms. The zero-order valence-corrected chi connectivity index (χ0v) is 19.8. The number of carboxylic acid groups (broad SMARTS) is 2. The van der Waals surface area contributed by atoms with Crippen LogP contribution in [0.1, 0.15) is 37.7 Å². The quantitative estimate of drug-likeness (QED) is 0.436. The predicted molar refractivity (Wildman–Crippen MR) is 133 cm³/mol. The number of benzene rings is 2. The minimum atomic E-state index is -1.22. The molecule has 178 valence electrons. The van der Waals surface area contributed by atoms with Gasteiger partial charge in [0.2, 0.25) is 0 Å². The summed E-state index contributed by atoms with van der Waals surface area (Å²) in [5.41, 5.74) is 3.04. The SMILES string of the molecule is COc1ccc(N=C2NC(=O)C(=Cc3cc(C)n(-c4cc(C(=O)O)cc(C(=O)O)c4)c3C)S2)cc1. The van der Waals surface area contributed by atoms with Crippen molar-refractivity contribution in [2.24, 2.45) is 4.99 Å². The number of methoxy groups -OCH3 is 1. The topological polar surface area (TPSA) is 130 Å². The minimum Gasteiger partial charge on any atom is -0.497 e. The lowest BCUT2D eigenvalue weighted by Crippen LogP contribution is -2.19. The molecule has 3 aromatic rings. The lowest BCUT2D eigenvalue weighted by atomic mass is 10.1. The molecule has 0 radical (unpaired) electrons. The van der Waals surface area contributed by atoms with Crippen LogP contribution in [0.3, 0.4) is 0 Å². The maximum absolute atomic E-state index is 12.6. The van der Waals surface area contributed by atoms with Gasteiger partial charge in [-0.2, -0.15) is 0 Å². The maximum atomic E-state index is 12.6. The molecule has 1 aliphatic heterocycles. The monoisotopic (exact) mass is 491 g/mol. The van der Waals surface area contributed by atoms with Gasteiger partial charge in [-0.25, -0.2) is 14.6 Å². The number of ether oxygens (including phenoxy) is 1. The first kappa shape index (κ1) is 23.8. The van der Waals surface area contributed by atoms with Crippen LogP contribution in [0.4, 0.5) is 5.69 Å². The molecule has 1 saturated heterocycles. The van der Waals surface area contributed by atoms with E-state index in [-0.39, 0.29) is 17.0 Å². The third-order valence-corrected chi connectivity index (χ3v) is 6.29. The molecule has 0 unspecified atom stereocenters. The van der Waals surface area contributed by atoms with Crippen LogP contribution >= 0.6 is 11.8 Å². The molecular formula is C25H21N3O6S. The van der Waals surface area contributed by atoms with Crippen LogP contribution in [-0.4, -0.2) is 44.9 Å². The van der Waals surface area contributed by atoms with E-state index >= 15 is 0 Å². The van der Waals surface area contributed by atoms with Crippen molar-refractivity contribution < 1.29 is 29.3 Å². The van der Waals surface area contributed by atoms with Crippen molar-refractivity contribution in [2.45, 2.75) is 13.8 Å². The average Bonchev–Trinajstić information content (AvgIpc) is 3.31. The molecule has 3 N–H and O–H groups in total. The molecule has 10 heteroatoms. The smallest absolute Gasteiger partial charge is 0.335 e. The Balaban J connectivity index is 1.67. The number of nitrogens with one attached hydrogen (secondary N) is 1. The number of carbonyl (C=O) groups is 3. The van der Waals surface area contributed by atoms with Crippen molar-refractivity contribution in [3.8, 4) is 11.4 Å². The van der Waals surface area contributed by atoms with Gasteiger partial charge >= 0.3 is 11.9 Å². The Morgan fingerprint density at radius 3 is 2.23 bits per heavy atom. The fourth-order valence-electron chi connectivity index (χ4n) is 3.71. The molecule has 35 heavy (non-hydrogen) atoms. The fraction of sp³-hybridized carbons (Fsp3) is 0.120. The summed E-state index contributed by atoms with van der Waals surface area (Å²) in [6.07, 6.45) is 1.73. The van der Waals surface area contributed by atoms with E-state index in [1.807, 2.05) is 19.9 Å². The van der Waals surface area contributed by atoms with E-state index in [4.69, 9.17) is 4.74 Å². The van der Waals surface area contributed by atoms with Crippen molar-refractivity contribution in [1.29, 1.82) is 0 Å². The second kappa shape index (κ2) is 9.51. The Labute approximate surface area is 204 Å². The van der Waals surface area contributed by atoms with Crippen molar-refractivity contribution >= 4 is 46.5 Å². The second-order valence-corrected chi connectivity index (χ2v) is 8.75. The molecule has 1 fully saturated rings. The standard InChI is InChI=1S/C25H21N3O6S/c1-13-8-15(14(2)28(13)19-10-16(23(30)31)9-17(11-19)24(32)33)12-21-22(29)27-25(35-21)26-18-4-6-20(34-3)7-5-18/h4-12H,1-3H3,(H,30,31)(H,32,33)(H,26,27,29). The first-order chi connectivity index (χ1) is 16.7. The minimum absolute atomic E-state index is 0.127. The Kier molecular flexibility index (Phi) is 6.48. The van der Waals surface area contributed by atoms with Gasteiger partial charge in [0.05, 0.1) is 28.8 Å². The van der Waals surface area contributed by atoms with Gasteiger partial charge in [0.25, 0.3) is 5.91 Å². The molecule has 0 atom stereocenters. The number of nitrogens with zero attached hydrogens (tertiary/aromatic N) is 2. The number of rotatable bonds is 6. The Hall–Kier alpha value is -4.31. The summed E-state index contributed by atoms with van der Waals surface area (Å²) in [6, 6.07) is 12.9. The van der Waals surface area contributed by atoms with Gasteiger partial charge in [0.15, 0.2) is 5.17 Å². The summed E-state index contributed by atoms with van der Waals surface area (Å²) in [4.78, 5) is 40.5. The summed E-state index contributed by atoms with van der Waals surface area (Å²) < 4.78 is 6.90.